The highest BCUT2D eigenvalue weighted by molar-refractivity contribution is 7.99. The molecule has 0 bridgehead atoms. The molecule has 0 aliphatic carbocycles. The molecule has 2 aromatic rings. The van der Waals surface area contributed by atoms with Crippen molar-refractivity contribution in [2.24, 2.45) is 10.9 Å². The van der Waals surface area contributed by atoms with Crippen LogP contribution in [-0.4, -0.2) is 55.7 Å². The first kappa shape index (κ1) is 20.3. The van der Waals surface area contributed by atoms with E-state index in [-0.39, 0.29) is 5.91 Å². The molecular weight excluding hydrogens is 368 g/mol. The van der Waals surface area contributed by atoms with Crippen molar-refractivity contribution in [3.8, 4) is 0 Å². The van der Waals surface area contributed by atoms with Crippen molar-refractivity contribution < 1.29 is 4.79 Å². The largest absolute Gasteiger partial charge is 0.354 e. The van der Waals surface area contributed by atoms with Gasteiger partial charge in [0.25, 0.3) is 5.91 Å². The maximum absolute atomic E-state index is 12.1. The number of hydrogen-bond donors (Lipinski definition) is 2. The number of aliphatic imine (C=N–C) groups is 1. The fourth-order valence-electron chi connectivity index (χ4n) is 3.27. The van der Waals surface area contributed by atoms with Crippen LogP contribution in [0.5, 0.6) is 0 Å². The lowest BCUT2D eigenvalue weighted by atomic mass is 10.2. The van der Waals surface area contributed by atoms with Crippen molar-refractivity contribution in [1.29, 1.82) is 0 Å². The van der Waals surface area contributed by atoms with E-state index in [1.807, 2.05) is 49.1 Å². The topological polar surface area (TPSA) is 56.7 Å². The van der Waals surface area contributed by atoms with Crippen LogP contribution in [-0.2, 0) is 0 Å². The number of rotatable bonds is 7. The number of amides is 1. The minimum atomic E-state index is -0.0449. The summed E-state index contributed by atoms with van der Waals surface area (Å²) in [6, 6.07) is 19.9. The summed E-state index contributed by atoms with van der Waals surface area (Å²) in [6.07, 6.45) is 1.19. The van der Waals surface area contributed by atoms with Gasteiger partial charge in [-0.25, -0.2) is 0 Å². The molecular formula is C22H28N4OS. The molecule has 6 heteroatoms. The fourth-order valence-corrected chi connectivity index (χ4v) is 4.32. The maximum atomic E-state index is 12.1. The highest BCUT2D eigenvalue weighted by Gasteiger charge is 2.24. The quantitative estimate of drug-likeness (QED) is 0.327. The predicted octanol–water partition coefficient (Wildman–Crippen LogP) is 3.11. The van der Waals surface area contributed by atoms with Crippen molar-refractivity contribution in [1.82, 2.24) is 15.5 Å². The van der Waals surface area contributed by atoms with Crippen LogP contribution in [0.1, 0.15) is 16.8 Å². The van der Waals surface area contributed by atoms with Gasteiger partial charge < -0.3 is 15.5 Å². The average molecular weight is 397 g/mol. The molecule has 1 unspecified atom stereocenters. The molecule has 1 aliphatic heterocycles. The lowest BCUT2D eigenvalue weighted by Gasteiger charge is -2.21. The minimum absolute atomic E-state index is 0.0449. The third-order valence-corrected chi connectivity index (χ3v) is 6.00. The van der Waals surface area contributed by atoms with E-state index in [1.54, 1.807) is 0 Å². The van der Waals surface area contributed by atoms with Crippen LogP contribution >= 0.6 is 11.8 Å². The lowest BCUT2D eigenvalue weighted by Crippen LogP contribution is -2.43. The number of nitrogens with zero attached hydrogens (tertiary/aromatic N) is 2. The lowest BCUT2D eigenvalue weighted by molar-refractivity contribution is 0.0954. The molecule has 0 spiro atoms. The smallest absolute Gasteiger partial charge is 0.251 e. The van der Waals surface area contributed by atoms with Gasteiger partial charge in [-0.1, -0.05) is 36.4 Å². The Morgan fingerprint density at radius 1 is 1.07 bits per heavy atom. The van der Waals surface area contributed by atoms with Gasteiger partial charge in [-0.05, 0) is 36.6 Å². The highest BCUT2D eigenvalue weighted by Crippen LogP contribution is 2.25. The number of nitrogens with one attached hydrogen (secondary N) is 2. The van der Waals surface area contributed by atoms with Gasteiger partial charge >= 0.3 is 0 Å². The van der Waals surface area contributed by atoms with E-state index >= 15 is 0 Å². The van der Waals surface area contributed by atoms with Crippen LogP contribution in [0.2, 0.25) is 0 Å². The van der Waals surface area contributed by atoms with Gasteiger partial charge in [0.2, 0.25) is 0 Å². The second kappa shape index (κ2) is 10.8. The Morgan fingerprint density at radius 3 is 2.46 bits per heavy atom. The van der Waals surface area contributed by atoms with E-state index in [0.29, 0.717) is 24.6 Å². The Bertz CT molecular complexity index is 767. The van der Waals surface area contributed by atoms with Crippen LogP contribution < -0.4 is 10.6 Å². The van der Waals surface area contributed by atoms with Gasteiger partial charge in [-0.3, -0.25) is 9.79 Å². The number of likely N-dealkylation sites (tertiary alicyclic amines) is 1. The van der Waals surface area contributed by atoms with Gasteiger partial charge in [0.15, 0.2) is 5.96 Å². The van der Waals surface area contributed by atoms with Gasteiger partial charge in [0.05, 0.1) is 0 Å². The van der Waals surface area contributed by atoms with E-state index in [1.165, 1.54) is 11.3 Å². The Morgan fingerprint density at radius 2 is 1.75 bits per heavy atom. The van der Waals surface area contributed by atoms with Crippen molar-refractivity contribution in [2.45, 2.75) is 11.3 Å². The van der Waals surface area contributed by atoms with Crippen molar-refractivity contribution >= 4 is 23.6 Å². The number of thioether (sulfide) groups is 1. The number of hydrogen-bond acceptors (Lipinski definition) is 3. The van der Waals surface area contributed by atoms with Crippen LogP contribution in [0.4, 0.5) is 0 Å². The average Bonchev–Trinajstić information content (AvgIpc) is 3.22. The fraction of sp³-hybridized carbons (Fsp3) is 0.364. The molecule has 0 aromatic heterocycles. The monoisotopic (exact) mass is 396 g/mol. The van der Waals surface area contributed by atoms with E-state index in [4.69, 9.17) is 0 Å². The minimum Gasteiger partial charge on any atom is -0.354 e. The third-order valence-electron chi connectivity index (χ3n) is 4.76. The molecule has 3 rings (SSSR count). The molecule has 1 fully saturated rings. The van der Waals surface area contributed by atoms with Crippen LogP contribution in [0.3, 0.4) is 0 Å². The summed E-state index contributed by atoms with van der Waals surface area (Å²) in [7, 11) is 1.82. The SMILES string of the molecule is CN=C(NCCNC(=O)c1ccccc1)N1CCC(CSc2ccccc2)C1. The Kier molecular flexibility index (Phi) is 7.79. The summed E-state index contributed by atoms with van der Waals surface area (Å²) in [4.78, 5) is 20.1. The third kappa shape index (κ3) is 6.02. The zero-order valence-corrected chi connectivity index (χ0v) is 17.1. The summed E-state index contributed by atoms with van der Waals surface area (Å²) >= 11 is 1.93. The van der Waals surface area contributed by atoms with E-state index in [2.05, 4.69) is 50.9 Å². The molecule has 1 saturated heterocycles. The molecule has 0 radical (unpaired) electrons. The molecule has 28 heavy (non-hydrogen) atoms. The molecule has 1 aliphatic rings. The Hall–Kier alpha value is -2.47. The van der Waals surface area contributed by atoms with Gasteiger partial charge in [-0.2, -0.15) is 0 Å². The van der Waals surface area contributed by atoms with E-state index in [0.717, 1.165) is 24.8 Å². The summed E-state index contributed by atoms with van der Waals surface area (Å²) in [5.41, 5.74) is 0.685. The second-order valence-corrected chi connectivity index (χ2v) is 7.91. The number of guanidine groups is 1. The molecule has 1 amide bonds. The number of carbonyl (C=O) groups excluding carboxylic acids is 1. The van der Waals surface area contributed by atoms with Crippen molar-refractivity contribution in [2.75, 3.05) is 39.0 Å². The van der Waals surface area contributed by atoms with Gasteiger partial charge in [0, 0.05) is 49.4 Å². The summed E-state index contributed by atoms with van der Waals surface area (Å²) in [5.74, 6) is 2.67. The van der Waals surface area contributed by atoms with Gasteiger partial charge in [0.1, 0.15) is 0 Å². The molecule has 0 saturated carbocycles. The van der Waals surface area contributed by atoms with Crippen LogP contribution in [0.15, 0.2) is 70.6 Å². The first-order valence-electron chi connectivity index (χ1n) is 9.73. The van der Waals surface area contributed by atoms with E-state index < -0.39 is 0 Å². The molecule has 5 nitrogen and oxygen atoms in total. The molecule has 2 N–H and O–H groups in total. The van der Waals surface area contributed by atoms with Gasteiger partial charge in [-0.15, -0.1) is 11.8 Å². The van der Waals surface area contributed by atoms with Crippen LogP contribution in [0, 0.1) is 5.92 Å². The maximum Gasteiger partial charge on any atom is 0.251 e. The molecule has 148 valence electrons. The highest BCUT2D eigenvalue weighted by atomic mass is 32.2. The Balaban J connectivity index is 1.36. The zero-order valence-electron chi connectivity index (χ0n) is 16.3. The summed E-state index contributed by atoms with van der Waals surface area (Å²) in [6.45, 7) is 3.27. The first-order chi connectivity index (χ1) is 13.8. The van der Waals surface area contributed by atoms with Crippen molar-refractivity contribution in [3.63, 3.8) is 0 Å². The first-order valence-corrected chi connectivity index (χ1v) is 10.7. The summed E-state index contributed by atoms with van der Waals surface area (Å²) < 4.78 is 0. The Labute approximate surface area is 171 Å². The van der Waals surface area contributed by atoms with E-state index in [9.17, 15) is 4.79 Å². The normalized spacial score (nSPS) is 16.8. The predicted molar refractivity (Wildman–Crippen MR) is 117 cm³/mol. The second-order valence-electron chi connectivity index (χ2n) is 6.82. The standard InChI is InChI=1S/C22H28N4OS/c1-23-22(25-14-13-24-21(27)19-8-4-2-5-9-19)26-15-12-18(16-26)17-28-20-10-6-3-7-11-20/h2-11,18H,12-17H2,1H3,(H,23,25)(H,24,27). The molecule has 1 heterocycles. The van der Waals surface area contributed by atoms with Crippen LogP contribution in [0.25, 0.3) is 0 Å². The number of carbonyl (C=O) groups is 1. The van der Waals surface area contributed by atoms with Crippen molar-refractivity contribution in [3.05, 3.63) is 66.2 Å². The summed E-state index contributed by atoms with van der Waals surface area (Å²) in [5, 5.41) is 6.30. The zero-order chi connectivity index (χ0) is 19.6. The molecule has 2 aromatic carbocycles. The number of benzene rings is 2. The molecule has 1 atom stereocenters.